The molecule has 0 N–H and O–H groups in total. The van der Waals surface area contributed by atoms with Crippen molar-refractivity contribution in [1.29, 1.82) is 0 Å². The van der Waals surface area contributed by atoms with E-state index in [9.17, 15) is 9.18 Å². The largest absolute Gasteiger partial charge is 0.494 e. The Morgan fingerprint density at radius 3 is 2.75 bits per heavy atom. The molecule has 4 nitrogen and oxygen atoms in total. The highest BCUT2D eigenvalue weighted by atomic mass is 35.5. The first-order valence-corrected chi connectivity index (χ1v) is 7.51. The van der Waals surface area contributed by atoms with Crippen LogP contribution in [0.3, 0.4) is 0 Å². The molecule has 2 aromatic carbocycles. The first-order valence-electron chi connectivity index (χ1n) is 7.13. The molecule has 0 aliphatic heterocycles. The van der Waals surface area contributed by atoms with Gasteiger partial charge in [-0.15, -0.1) is 0 Å². The van der Waals surface area contributed by atoms with Gasteiger partial charge in [-0.1, -0.05) is 35.9 Å². The van der Waals surface area contributed by atoms with Gasteiger partial charge in [-0.3, -0.25) is 0 Å². The Bertz CT molecular complexity index is 914. The van der Waals surface area contributed by atoms with Gasteiger partial charge in [0.25, 0.3) is 0 Å². The van der Waals surface area contributed by atoms with Gasteiger partial charge in [-0.25, -0.2) is 14.2 Å². The van der Waals surface area contributed by atoms with E-state index in [1.54, 1.807) is 30.3 Å². The number of carbonyl (C=O) groups is 1. The molecule has 0 unspecified atom stereocenters. The average molecular weight is 346 g/mol. The molecule has 122 valence electrons. The van der Waals surface area contributed by atoms with Crippen LogP contribution in [0, 0.1) is 5.82 Å². The highest BCUT2D eigenvalue weighted by Crippen LogP contribution is 2.23. The van der Waals surface area contributed by atoms with E-state index in [4.69, 9.17) is 21.1 Å². The molecular weight excluding hydrogens is 333 g/mol. The second-order valence-electron chi connectivity index (χ2n) is 5.05. The van der Waals surface area contributed by atoms with Crippen LogP contribution in [0.15, 0.2) is 48.5 Å². The Morgan fingerprint density at radius 2 is 2.00 bits per heavy atom. The van der Waals surface area contributed by atoms with Crippen LogP contribution in [0.25, 0.3) is 10.9 Å². The van der Waals surface area contributed by atoms with Crippen molar-refractivity contribution in [2.24, 2.45) is 0 Å². The van der Waals surface area contributed by atoms with Crippen molar-refractivity contribution in [3.05, 3.63) is 70.6 Å². The Kier molecular flexibility index (Phi) is 4.62. The number of hydrogen-bond acceptors (Lipinski definition) is 4. The second kappa shape index (κ2) is 6.84. The van der Waals surface area contributed by atoms with Crippen molar-refractivity contribution >= 4 is 28.5 Å². The lowest BCUT2D eigenvalue weighted by molar-refractivity contribution is 0.0474. The molecule has 1 aromatic heterocycles. The molecule has 0 saturated heterocycles. The molecule has 0 spiro atoms. The molecule has 0 aliphatic rings. The maximum atomic E-state index is 13.7. The predicted molar refractivity (Wildman–Crippen MR) is 88.8 cm³/mol. The van der Waals surface area contributed by atoms with Crippen LogP contribution in [-0.2, 0) is 11.3 Å². The number of hydrogen-bond donors (Lipinski definition) is 0. The molecule has 1 heterocycles. The van der Waals surface area contributed by atoms with Gasteiger partial charge in [-0.2, -0.15) is 0 Å². The number of pyridine rings is 1. The lowest BCUT2D eigenvalue weighted by atomic mass is 10.1. The van der Waals surface area contributed by atoms with Gasteiger partial charge < -0.3 is 9.47 Å². The summed E-state index contributed by atoms with van der Waals surface area (Å²) < 4.78 is 23.8. The number of para-hydroxylation sites is 1. The van der Waals surface area contributed by atoms with Crippen LogP contribution < -0.4 is 4.74 Å². The molecule has 24 heavy (non-hydrogen) atoms. The number of esters is 1. The van der Waals surface area contributed by atoms with Gasteiger partial charge in [-0.05, 0) is 29.8 Å². The summed E-state index contributed by atoms with van der Waals surface area (Å²) >= 11 is 5.96. The number of ether oxygens (including phenoxy) is 2. The number of fused-ring (bicyclic) bond motifs is 1. The number of benzene rings is 2. The topological polar surface area (TPSA) is 48.4 Å². The van der Waals surface area contributed by atoms with Gasteiger partial charge in [0.2, 0.25) is 0 Å². The summed E-state index contributed by atoms with van der Waals surface area (Å²) in [5.74, 6) is -0.924. The van der Waals surface area contributed by atoms with Crippen molar-refractivity contribution in [2.45, 2.75) is 6.61 Å². The molecule has 0 bridgehead atoms. The first kappa shape index (κ1) is 16.2. The molecule has 3 aromatic rings. The highest BCUT2D eigenvalue weighted by Gasteiger charge is 2.14. The maximum absolute atomic E-state index is 13.7. The van der Waals surface area contributed by atoms with E-state index >= 15 is 0 Å². The fraction of sp³-hybridized carbons (Fsp3) is 0.111. The molecular formula is C18H13ClFNO3. The number of carbonyl (C=O) groups excluding carboxylic acids is 1. The van der Waals surface area contributed by atoms with Gasteiger partial charge in [0.1, 0.15) is 11.8 Å². The van der Waals surface area contributed by atoms with E-state index in [1.165, 1.54) is 25.3 Å². The van der Waals surface area contributed by atoms with Crippen molar-refractivity contribution in [1.82, 2.24) is 4.98 Å². The fourth-order valence-corrected chi connectivity index (χ4v) is 2.54. The molecule has 6 heteroatoms. The zero-order valence-corrected chi connectivity index (χ0v) is 13.5. The van der Waals surface area contributed by atoms with E-state index in [0.717, 1.165) is 0 Å². The smallest absolute Gasteiger partial charge is 0.339 e. The van der Waals surface area contributed by atoms with Gasteiger partial charge in [0.05, 0.1) is 18.2 Å². The Morgan fingerprint density at radius 1 is 1.21 bits per heavy atom. The summed E-state index contributed by atoms with van der Waals surface area (Å²) in [6.07, 6.45) is 0. The van der Waals surface area contributed by atoms with E-state index < -0.39 is 11.8 Å². The van der Waals surface area contributed by atoms with E-state index in [1.807, 2.05) is 0 Å². The fourth-order valence-electron chi connectivity index (χ4n) is 2.34. The van der Waals surface area contributed by atoms with Gasteiger partial charge in [0, 0.05) is 5.39 Å². The van der Waals surface area contributed by atoms with Crippen molar-refractivity contribution in [2.75, 3.05) is 7.11 Å². The minimum absolute atomic E-state index is 0.0615. The number of halogens is 2. The lowest BCUT2D eigenvalue weighted by Gasteiger charge is -2.09. The van der Waals surface area contributed by atoms with Crippen LogP contribution in [-0.4, -0.2) is 18.1 Å². The van der Waals surface area contributed by atoms with E-state index in [-0.39, 0.29) is 17.5 Å². The highest BCUT2D eigenvalue weighted by molar-refractivity contribution is 6.30. The number of methoxy groups -OCH3 is 1. The summed E-state index contributed by atoms with van der Waals surface area (Å²) in [6, 6.07) is 13.0. The van der Waals surface area contributed by atoms with E-state index in [0.29, 0.717) is 22.0 Å². The monoisotopic (exact) mass is 345 g/mol. The van der Waals surface area contributed by atoms with Crippen LogP contribution in [0.4, 0.5) is 4.39 Å². The van der Waals surface area contributed by atoms with Gasteiger partial charge >= 0.3 is 5.97 Å². The Labute approximate surface area is 142 Å². The summed E-state index contributed by atoms with van der Waals surface area (Å²) in [4.78, 5) is 16.5. The Balaban J connectivity index is 1.82. The quantitative estimate of drug-likeness (QED) is 0.519. The minimum atomic E-state index is -0.549. The third kappa shape index (κ3) is 3.31. The van der Waals surface area contributed by atoms with Crippen molar-refractivity contribution in [3.8, 4) is 5.75 Å². The second-order valence-corrected chi connectivity index (χ2v) is 5.44. The van der Waals surface area contributed by atoms with Crippen LogP contribution in [0.2, 0.25) is 5.15 Å². The number of aromatic nitrogens is 1. The van der Waals surface area contributed by atoms with E-state index in [2.05, 4.69) is 4.98 Å². The molecule has 0 fully saturated rings. The summed E-state index contributed by atoms with van der Waals surface area (Å²) in [5, 5.41) is 0.851. The van der Waals surface area contributed by atoms with Crippen LogP contribution in [0.1, 0.15) is 15.9 Å². The number of rotatable bonds is 4. The standard InChI is InChI=1S/C18H13ClFNO3/c1-23-16-7-6-11(8-14(16)20)10-24-18(22)13-9-17(19)21-15-5-3-2-4-12(13)15/h2-9H,10H2,1H3. The molecule has 0 aliphatic carbocycles. The van der Waals surface area contributed by atoms with Crippen molar-refractivity contribution < 1.29 is 18.7 Å². The molecule has 0 amide bonds. The molecule has 0 atom stereocenters. The van der Waals surface area contributed by atoms with Crippen molar-refractivity contribution in [3.63, 3.8) is 0 Å². The maximum Gasteiger partial charge on any atom is 0.339 e. The predicted octanol–water partition coefficient (Wildman–Crippen LogP) is 4.39. The van der Waals surface area contributed by atoms with Gasteiger partial charge in [0.15, 0.2) is 11.6 Å². The molecule has 3 rings (SSSR count). The zero-order chi connectivity index (χ0) is 17.1. The Hall–Kier alpha value is -2.66. The van der Waals surface area contributed by atoms with Crippen LogP contribution in [0.5, 0.6) is 5.75 Å². The number of nitrogens with zero attached hydrogens (tertiary/aromatic N) is 1. The normalized spacial score (nSPS) is 10.6. The van der Waals surface area contributed by atoms with Crippen LogP contribution >= 0.6 is 11.6 Å². The summed E-state index contributed by atoms with van der Waals surface area (Å²) in [6.45, 7) is -0.0615. The third-order valence-electron chi connectivity index (χ3n) is 3.49. The minimum Gasteiger partial charge on any atom is -0.494 e. The average Bonchev–Trinajstić information content (AvgIpc) is 2.59. The molecule has 0 saturated carbocycles. The summed E-state index contributed by atoms with van der Waals surface area (Å²) in [7, 11) is 1.39. The SMILES string of the molecule is COc1ccc(COC(=O)c2cc(Cl)nc3ccccc23)cc1F. The first-order chi connectivity index (χ1) is 11.6. The lowest BCUT2D eigenvalue weighted by Crippen LogP contribution is -2.07. The summed E-state index contributed by atoms with van der Waals surface area (Å²) in [5.41, 5.74) is 1.44. The third-order valence-corrected chi connectivity index (χ3v) is 3.68. The zero-order valence-electron chi connectivity index (χ0n) is 12.8. The molecule has 0 radical (unpaired) electrons.